The van der Waals surface area contributed by atoms with Crippen LogP contribution in [-0.4, -0.2) is 18.2 Å². The van der Waals surface area contributed by atoms with Gasteiger partial charge in [0.25, 0.3) is 0 Å². The minimum absolute atomic E-state index is 0.0308. The van der Waals surface area contributed by atoms with Gasteiger partial charge >= 0.3 is 5.97 Å². The molecule has 0 aliphatic heterocycles. The van der Waals surface area contributed by atoms with E-state index in [1.165, 1.54) is 18.9 Å². The van der Waals surface area contributed by atoms with E-state index in [1.807, 2.05) is 36.4 Å². The van der Waals surface area contributed by atoms with Gasteiger partial charge in [0.1, 0.15) is 23.9 Å². The summed E-state index contributed by atoms with van der Waals surface area (Å²) in [5.74, 6) is 1.16. The molecule has 5 rings (SSSR count). The Balaban J connectivity index is 1.44. The van der Waals surface area contributed by atoms with Crippen molar-refractivity contribution in [3.63, 3.8) is 0 Å². The fourth-order valence-electron chi connectivity index (χ4n) is 6.39. The average Bonchev–Trinajstić information content (AvgIpc) is 3.76. The van der Waals surface area contributed by atoms with Crippen molar-refractivity contribution in [1.82, 2.24) is 0 Å². The van der Waals surface area contributed by atoms with Crippen LogP contribution in [0.5, 0.6) is 11.5 Å². The van der Waals surface area contributed by atoms with Crippen LogP contribution in [0.15, 0.2) is 60.7 Å². The van der Waals surface area contributed by atoms with Crippen LogP contribution in [0.25, 0.3) is 11.1 Å². The Morgan fingerprint density at radius 2 is 1.82 bits per heavy atom. The molecule has 39 heavy (non-hydrogen) atoms. The minimum Gasteiger partial charge on any atom is -0.497 e. The van der Waals surface area contributed by atoms with Gasteiger partial charge in [-0.2, -0.15) is 0 Å². The number of hydrogen-bond acceptors (Lipinski definition) is 3. The van der Waals surface area contributed by atoms with E-state index in [2.05, 4.69) is 19.9 Å². The van der Waals surface area contributed by atoms with Gasteiger partial charge in [0, 0.05) is 5.56 Å². The summed E-state index contributed by atoms with van der Waals surface area (Å²) in [6.07, 6.45) is 6.92. The topological polar surface area (TPSA) is 55.8 Å². The zero-order valence-electron chi connectivity index (χ0n) is 23.2. The van der Waals surface area contributed by atoms with Gasteiger partial charge in [-0.1, -0.05) is 57.0 Å². The molecular formula is C34H39FO4. The van der Waals surface area contributed by atoms with Gasteiger partial charge in [-0.3, -0.25) is 4.79 Å². The quantitative estimate of drug-likeness (QED) is 0.285. The summed E-state index contributed by atoms with van der Waals surface area (Å²) in [5, 5.41) is 9.40. The molecule has 206 valence electrons. The lowest BCUT2D eigenvalue weighted by Gasteiger charge is -2.40. The first kappa shape index (κ1) is 27.2. The Bertz CT molecular complexity index is 1330. The molecule has 0 amide bonds. The first-order valence-corrected chi connectivity index (χ1v) is 14.2. The number of benzene rings is 3. The molecule has 2 fully saturated rings. The van der Waals surface area contributed by atoms with Crippen molar-refractivity contribution >= 4 is 5.97 Å². The highest BCUT2D eigenvalue weighted by molar-refractivity contribution is 5.71. The first-order chi connectivity index (χ1) is 18.7. The van der Waals surface area contributed by atoms with E-state index in [4.69, 9.17) is 9.47 Å². The summed E-state index contributed by atoms with van der Waals surface area (Å²) in [6.45, 7) is 5.03. The molecule has 2 atom stereocenters. The van der Waals surface area contributed by atoms with Crippen LogP contribution >= 0.6 is 0 Å². The molecule has 2 saturated carbocycles. The van der Waals surface area contributed by atoms with E-state index >= 15 is 4.39 Å². The normalized spacial score (nSPS) is 19.3. The average molecular weight is 531 g/mol. The third-order valence-corrected chi connectivity index (χ3v) is 8.74. The molecule has 0 aromatic heterocycles. The van der Waals surface area contributed by atoms with Crippen LogP contribution < -0.4 is 9.47 Å². The summed E-state index contributed by atoms with van der Waals surface area (Å²) in [5.41, 5.74) is 4.82. The molecule has 0 heterocycles. The number of halogens is 1. The van der Waals surface area contributed by atoms with Crippen molar-refractivity contribution < 1.29 is 23.8 Å². The molecule has 0 saturated heterocycles. The second-order valence-electron chi connectivity index (χ2n) is 12.0. The minimum atomic E-state index is -0.760. The van der Waals surface area contributed by atoms with Crippen molar-refractivity contribution in [1.29, 1.82) is 0 Å². The third-order valence-electron chi connectivity index (χ3n) is 8.74. The van der Waals surface area contributed by atoms with E-state index in [1.54, 1.807) is 19.2 Å². The molecule has 3 aromatic rings. The van der Waals surface area contributed by atoms with Crippen LogP contribution in [0, 0.1) is 17.2 Å². The molecule has 2 aliphatic rings. The zero-order chi connectivity index (χ0) is 27.6. The predicted octanol–water partition coefficient (Wildman–Crippen LogP) is 8.73. The Morgan fingerprint density at radius 1 is 1.00 bits per heavy atom. The summed E-state index contributed by atoms with van der Waals surface area (Å²) in [4.78, 5) is 11.4. The maximum absolute atomic E-state index is 15.1. The van der Waals surface area contributed by atoms with Crippen LogP contribution in [-0.2, 0) is 11.4 Å². The number of methoxy groups -OCH3 is 1. The molecule has 1 unspecified atom stereocenters. The maximum Gasteiger partial charge on any atom is 0.303 e. The van der Waals surface area contributed by atoms with E-state index < -0.39 is 5.97 Å². The fraction of sp³-hybridized carbons (Fsp3) is 0.441. The van der Waals surface area contributed by atoms with Crippen molar-refractivity contribution in [2.45, 2.75) is 77.2 Å². The molecule has 5 heteroatoms. The van der Waals surface area contributed by atoms with E-state index in [0.717, 1.165) is 53.7 Å². The van der Waals surface area contributed by atoms with Gasteiger partial charge in [-0.15, -0.1) is 0 Å². The maximum atomic E-state index is 15.1. The highest BCUT2D eigenvalue weighted by Gasteiger charge is 2.35. The number of carboxylic acids is 1. The lowest BCUT2D eigenvalue weighted by atomic mass is 9.65. The molecule has 0 bridgehead atoms. The monoisotopic (exact) mass is 530 g/mol. The Hall–Kier alpha value is -3.34. The number of carbonyl (C=O) groups is 1. The number of hydrogen-bond donors (Lipinski definition) is 1. The molecular weight excluding hydrogens is 491 g/mol. The summed E-state index contributed by atoms with van der Waals surface area (Å²) >= 11 is 0. The van der Waals surface area contributed by atoms with E-state index in [-0.39, 0.29) is 23.6 Å². The standard InChI is InChI=1S/C34H39FO4/c1-34(2)16-5-4-9-31(34)29-17-22(10-14-27(29)30-19-25(38-3)13-15-32(30)35)21-39-26-8-6-7-24(18-26)28(20-33(36)37)23-11-12-23/h6-8,10,13-15,17-19,23,28,31H,4-5,9,11-12,16,20-21H2,1-3H3,(H,36,37)/t28-,31?/m1/s1. The number of aliphatic carboxylic acids is 1. The first-order valence-electron chi connectivity index (χ1n) is 14.2. The van der Waals surface area contributed by atoms with Gasteiger partial charge in [0.05, 0.1) is 13.5 Å². The Labute approximate surface area is 231 Å². The fourth-order valence-corrected chi connectivity index (χ4v) is 6.39. The van der Waals surface area contributed by atoms with Gasteiger partial charge < -0.3 is 14.6 Å². The molecule has 2 aliphatic carbocycles. The predicted molar refractivity (Wildman–Crippen MR) is 152 cm³/mol. The Kier molecular flexibility index (Phi) is 7.97. The third kappa shape index (κ3) is 6.29. The Morgan fingerprint density at radius 3 is 2.54 bits per heavy atom. The number of ether oxygens (including phenoxy) is 2. The van der Waals surface area contributed by atoms with Crippen molar-refractivity contribution in [3.8, 4) is 22.6 Å². The zero-order valence-corrected chi connectivity index (χ0v) is 23.2. The molecule has 1 N–H and O–H groups in total. The lowest BCUT2D eigenvalue weighted by molar-refractivity contribution is -0.137. The molecule has 3 aromatic carbocycles. The summed E-state index contributed by atoms with van der Waals surface area (Å²) in [6, 6.07) is 19.1. The van der Waals surface area contributed by atoms with Gasteiger partial charge in [-0.05, 0) is 101 Å². The van der Waals surface area contributed by atoms with Crippen molar-refractivity contribution in [2.75, 3.05) is 7.11 Å². The molecule has 0 radical (unpaired) electrons. The van der Waals surface area contributed by atoms with Crippen LogP contribution in [0.1, 0.15) is 87.3 Å². The van der Waals surface area contributed by atoms with Gasteiger partial charge in [0.2, 0.25) is 0 Å². The van der Waals surface area contributed by atoms with E-state index in [9.17, 15) is 9.90 Å². The van der Waals surface area contributed by atoms with Gasteiger partial charge in [0.15, 0.2) is 0 Å². The highest BCUT2D eigenvalue weighted by atomic mass is 19.1. The second-order valence-corrected chi connectivity index (χ2v) is 12.0. The lowest BCUT2D eigenvalue weighted by Crippen LogP contribution is -2.26. The van der Waals surface area contributed by atoms with Crippen LogP contribution in [0.4, 0.5) is 4.39 Å². The molecule has 0 spiro atoms. The van der Waals surface area contributed by atoms with E-state index in [0.29, 0.717) is 29.8 Å². The smallest absolute Gasteiger partial charge is 0.303 e. The van der Waals surface area contributed by atoms with Crippen LogP contribution in [0.3, 0.4) is 0 Å². The van der Waals surface area contributed by atoms with Crippen LogP contribution in [0.2, 0.25) is 0 Å². The van der Waals surface area contributed by atoms with Crippen molar-refractivity contribution in [3.05, 3.63) is 83.2 Å². The largest absolute Gasteiger partial charge is 0.497 e. The second kappa shape index (κ2) is 11.4. The number of carboxylic acid groups (broad SMARTS) is 1. The number of rotatable bonds is 10. The van der Waals surface area contributed by atoms with Gasteiger partial charge in [-0.25, -0.2) is 4.39 Å². The summed E-state index contributed by atoms with van der Waals surface area (Å²) < 4.78 is 26.8. The summed E-state index contributed by atoms with van der Waals surface area (Å²) in [7, 11) is 1.60. The SMILES string of the molecule is COc1ccc(F)c(-c2ccc(COc3cccc([C@H](CC(=O)O)C4CC4)c3)cc2C2CCCCC2(C)C)c1. The highest BCUT2D eigenvalue weighted by Crippen LogP contribution is 2.50. The molecule has 4 nitrogen and oxygen atoms in total. The van der Waals surface area contributed by atoms with Crippen molar-refractivity contribution in [2.24, 2.45) is 11.3 Å².